The van der Waals surface area contributed by atoms with Crippen LogP contribution in [0.15, 0.2) is 18.2 Å². The number of aliphatic hydroxyl groups is 1. The highest BCUT2D eigenvalue weighted by molar-refractivity contribution is 7.84. The molecule has 2 saturated carbocycles. The Kier molecular flexibility index (Phi) is 15.9. The Labute approximate surface area is 316 Å². The zero-order valence-electron chi connectivity index (χ0n) is 31.1. The Morgan fingerprint density at radius 2 is 1.60 bits per heavy atom. The molecule has 1 heterocycles. The molecule has 3 aliphatic carbocycles. The van der Waals surface area contributed by atoms with E-state index in [1.54, 1.807) is 0 Å². The molecule has 1 aromatic carbocycles. The van der Waals surface area contributed by atoms with E-state index in [0.717, 1.165) is 103 Å². The number of rotatable bonds is 17. The van der Waals surface area contributed by atoms with Gasteiger partial charge in [-0.1, -0.05) is 51.5 Å². The smallest absolute Gasteiger partial charge is 0.427 e. The van der Waals surface area contributed by atoms with E-state index >= 15 is 0 Å². The van der Waals surface area contributed by atoms with Crippen LogP contribution >= 0.6 is 12.4 Å². The number of hydrogen-bond donors (Lipinski definition) is 1. The van der Waals surface area contributed by atoms with Crippen molar-refractivity contribution in [2.24, 2.45) is 29.1 Å². The summed E-state index contributed by atoms with van der Waals surface area (Å²) in [6, 6.07) is 6.35. The molecule has 298 valence electrons. The molecule has 4 aliphatic rings. The first-order valence-electron chi connectivity index (χ1n) is 19.7. The van der Waals surface area contributed by atoms with E-state index < -0.39 is 35.7 Å². The number of fused-ring (bicyclic) bond motifs is 5. The van der Waals surface area contributed by atoms with Crippen molar-refractivity contribution >= 4 is 29.2 Å². The van der Waals surface area contributed by atoms with Crippen LogP contribution in [0.5, 0.6) is 5.75 Å². The van der Waals surface area contributed by atoms with E-state index in [1.807, 2.05) is 6.07 Å². The fraction of sp³-hybridized carbons (Fsp3) is 0.825. The van der Waals surface area contributed by atoms with E-state index in [4.69, 9.17) is 4.74 Å². The van der Waals surface area contributed by atoms with Crippen molar-refractivity contribution < 1.29 is 40.8 Å². The van der Waals surface area contributed by atoms with Gasteiger partial charge in [-0.05, 0) is 143 Å². The minimum atomic E-state index is -5.55. The molecular weight excluding hydrogens is 721 g/mol. The number of carbonyl (C=O) groups excluding carboxylic acids is 1. The van der Waals surface area contributed by atoms with Crippen LogP contribution in [0.25, 0.3) is 0 Å². The summed E-state index contributed by atoms with van der Waals surface area (Å²) >= 11 is 0. The van der Waals surface area contributed by atoms with Crippen LogP contribution in [0.3, 0.4) is 0 Å². The second-order valence-corrected chi connectivity index (χ2v) is 18.3. The van der Waals surface area contributed by atoms with Gasteiger partial charge >= 0.3 is 18.1 Å². The highest BCUT2D eigenvalue weighted by Gasteiger charge is 2.57. The van der Waals surface area contributed by atoms with Gasteiger partial charge in [0.2, 0.25) is 0 Å². The zero-order chi connectivity index (χ0) is 36.8. The molecule has 3 fully saturated rings. The molecule has 52 heavy (non-hydrogen) atoms. The number of carbonyl (C=O) groups is 1. The number of unbranched alkanes of at least 4 members (excludes halogenated alkanes) is 6. The number of alkyl halides is 5. The minimum Gasteiger partial charge on any atom is -0.427 e. The monoisotopic (exact) mass is 781 g/mol. The van der Waals surface area contributed by atoms with Crippen molar-refractivity contribution in [3.8, 4) is 5.75 Å². The van der Waals surface area contributed by atoms with Crippen molar-refractivity contribution in [2.75, 3.05) is 31.6 Å². The van der Waals surface area contributed by atoms with Crippen molar-refractivity contribution in [1.82, 2.24) is 4.90 Å². The highest BCUT2D eigenvalue weighted by atomic mass is 35.5. The van der Waals surface area contributed by atoms with E-state index in [9.17, 15) is 36.1 Å². The molecule has 5 nitrogen and oxygen atoms in total. The summed E-state index contributed by atoms with van der Waals surface area (Å²) < 4.78 is 81.0. The highest BCUT2D eigenvalue weighted by Crippen LogP contribution is 2.62. The van der Waals surface area contributed by atoms with Gasteiger partial charge in [-0.3, -0.25) is 9.00 Å². The molecule has 1 aromatic rings. The van der Waals surface area contributed by atoms with Crippen molar-refractivity contribution in [2.45, 2.75) is 147 Å². The van der Waals surface area contributed by atoms with Gasteiger partial charge in [0.15, 0.2) is 0 Å². The van der Waals surface area contributed by atoms with E-state index in [-0.39, 0.29) is 35.6 Å². The Morgan fingerprint density at radius 3 is 2.29 bits per heavy atom. The van der Waals surface area contributed by atoms with Gasteiger partial charge in [-0.15, -0.1) is 12.4 Å². The molecule has 1 N–H and O–H groups in total. The third kappa shape index (κ3) is 10.9. The number of hydrogen-bond acceptors (Lipinski definition) is 5. The molecule has 0 amide bonds. The number of likely N-dealkylation sites (tertiary alicyclic amines) is 1. The van der Waals surface area contributed by atoms with Crippen LogP contribution in [0.2, 0.25) is 0 Å². The fourth-order valence-corrected chi connectivity index (χ4v) is 11.2. The minimum absolute atomic E-state index is 0. The molecule has 7 unspecified atom stereocenters. The first kappa shape index (κ1) is 43.4. The molecule has 0 spiro atoms. The fourth-order valence-electron chi connectivity index (χ4n) is 10.0. The molecule has 0 aromatic heterocycles. The number of halogens is 6. The van der Waals surface area contributed by atoms with Crippen LogP contribution in [0.1, 0.15) is 133 Å². The summed E-state index contributed by atoms with van der Waals surface area (Å²) in [5.41, 5.74) is 2.72. The molecule has 0 bridgehead atoms. The summed E-state index contributed by atoms with van der Waals surface area (Å²) in [7, 11) is 0.751. The van der Waals surface area contributed by atoms with E-state index in [2.05, 4.69) is 31.0 Å². The predicted molar refractivity (Wildman–Crippen MR) is 199 cm³/mol. The number of ether oxygens (including phenoxy) is 1. The van der Waals surface area contributed by atoms with Crippen LogP contribution < -0.4 is 4.74 Å². The van der Waals surface area contributed by atoms with Gasteiger partial charge in [0.05, 0.1) is 6.10 Å². The standard InChI is InChI=1S/C40H60F5NO4S.ClH/c1-38-20-16-33-32-13-12-31(50-36(48)25-28-17-21-46(2)22-18-28)27-30(32)26-29(37(33)34(38)14-15-35(38)47)11-8-6-4-3-5-7-9-23-51(49)24-10-19-39(41,42)40(43,44)45;/h12-13,27-29,33-35,37,47H,3-11,14-26H2,1-2H3;1H. The summed E-state index contributed by atoms with van der Waals surface area (Å²) in [6.07, 6.45) is 8.22. The molecular formula is C40H61ClF5NO4S. The van der Waals surface area contributed by atoms with E-state index in [0.29, 0.717) is 53.9 Å². The van der Waals surface area contributed by atoms with Gasteiger partial charge in [-0.25, -0.2) is 0 Å². The molecule has 5 rings (SSSR count). The van der Waals surface area contributed by atoms with Crippen LogP contribution in [-0.4, -0.2) is 70.0 Å². The quantitative estimate of drug-likeness (QED) is 0.0738. The number of aliphatic hydroxyl groups excluding tert-OH is 1. The lowest BCUT2D eigenvalue weighted by atomic mass is 9.52. The maximum atomic E-state index is 13.1. The Morgan fingerprint density at radius 1 is 0.942 bits per heavy atom. The Hall–Kier alpha value is -1.30. The first-order chi connectivity index (χ1) is 24.2. The lowest BCUT2D eigenvalue weighted by Crippen LogP contribution is -2.47. The maximum Gasteiger partial charge on any atom is 0.453 e. The molecule has 12 heteroatoms. The molecule has 1 saturated heterocycles. The molecule has 0 radical (unpaired) electrons. The average Bonchev–Trinajstić information content (AvgIpc) is 3.37. The average molecular weight is 782 g/mol. The summed E-state index contributed by atoms with van der Waals surface area (Å²) in [5, 5.41) is 11.0. The second-order valence-electron chi connectivity index (χ2n) is 16.6. The van der Waals surface area contributed by atoms with Gasteiger partial charge in [0.25, 0.3) is 0 Å². The topological polar surface area (TPSA) is 66.8 Å². The largest absolute Gasteiger partial charge is 0.453 e. The number of benzene rings is 1. The Bertz CT molecular complexity index is 1330. The SMILES string of the molecule is CN1CCC(CC(=O)Oc2ccc3c(c2)CC(CCCCCCCCCS(=O)CCCC(F)(F)C(F)(F)F)C2C3CCC3(C)C(O)CCC23)CC1.Cl. The summed E-state index contributed by atoms with van der Waals surface area (Å²) in [4.78, 5) is 15.2. The normalized spacial score (nSPS) is 28.7. The zero-order valence-corrected chi connectivity index (χ0v) is 32.7. The van der Waals surface area contributed by atoms with Crippen LogP contribution in [0, 0.1) is 29.1 Å². The van der Waals surface area contributed by atoms with Crippen molar-refractivity contribution in [1.29, 1.82) is 0 Å². The number of nitrogens with zero attached hydrogens (tertiary/aromatic N) is 1. The van der Waals surface area contributed by atoms with E-state index in [1.165, 1.54) is 11.1 Å². The predicted octanol–water partition coefficient (Wildman–Crippen LogP) is 10.0. The van der Waals surface area contributed by atoms with Gasteiger partial charge in [0, 0.05) is 35.1 Å². The van der Waals surface area contributed by atoms with Gasteiger partial charge < -0.3 is 14.7 Å². The molecule has 1 aliphatic heterocycles. The van der Waals surface area contributed by atoms with Crippen molar-refractivity contribution in [3.05, 3.63) is 29.3 Å². The van der Waals surface area contributed by atoms with Gasteiger partial charge in [-0.2, -0.15) is 22.0 Å². The first-order valence-corrected chi connectivity index (χ1v) is 21.2. The second kappa shape index (κ2) is 19.0. The summed E-state index contributed by atoms with van der Waals surface area (Å²) in [6.45, 7) is 4.36. The lowest BCUT2D eigenvalue weighted by molar-refractivity contribution is -0.284. The van der Waals surface area contributed by atoms with Crippen LogP contribution in [-0.2, 0) is 22.0 Å². The van der Waals surface area contributed by atoms with Crippen LogP contribution in [0.4, 0.5) is 22.0 Å². The molecule has 7 atom stereocenters. The third-order valence-electron chi connectivity index (χ3n) is 13.1. The number of piperidine rings is 1. The Balaban J connectivity index is 0.00000605. The summed E-state index contributed by atoms with van der Waals surface area (Å²) in [5.74, 6) is -1.53. The van der Waals surface area contributed by atoms with Crippen molar-refractivity contribution in [3.63, 3.8) is 0 Å². The third-order valence-corrected chi connectivity index (χ3v) is 14.6. The van der Waals surface area contributed by atoms with Gasteiger partial charge in [0.1, 0.15) is 5.75 Å². The lowest BCUT2D eigenvalue weighted by Gasteiger charge is -2.53. The maximum absolute atomic E-state index is 13.1. The number of esters is 1.